The summed E-state index contributed by atoms with van der Waals surface area (Å²) in [4.78, 5) is 0. The summed E-state index contributed by atoms with van der Waals surface area (Å²) in [5.41, 5.74) is 2.11. The maximum absolute atomic E-state index is 8.84. The van der Waals surface area contributed by atoms with Gasteiger partial charge < -0.3 is 5.32 Å². The Balaban J connectivity index is 1.93. The number of benzene rings is 1. The largest absolute Gasteiger partial charge is 0.314 e. The summed E-state index contributed by atoms with van der Waals surface area (Å²) in [7, 11) is 0. The van der Waals surface area contributed by atoms with Gasteiger partial charge in [0.2, 0.25) is 0 Å². The van der Waals surface area contributed by atoms with Crippen molar-refractivity contribution >= 4 is 0 Å². The first-order valence-electron chi connectivity index (χ1n) is 5.94. The number of nitriles is 1. The minimum absolute atomic E-state index is 0.562. The Labute approximate surface area is 97.3 Å². The van der Waals surface area contributed by atoms with E-state index in [1.165, 1.54) is 12.0 Å². The Morgan fingerprint density at radius 2 is 2.31 bits per heavy atom. The van der Waals surface area contributed by atoms with Crippen LogP contribution >= 0.6 is 0 Å². The topological polar surface area (TPSA) is 35.8 Å². The van der Waals surface area contributed by atoms with E-state index < -0.39 is 0 Å². The van der Waals surface area contributed by atoms with Gasteiger partial charge in [0, 0.05) is 6.04 Å². The Kier molecular flexibility index (Phi) is 3.26. The first kappa shape index (κ1) is 11.2. The van der Waals surface area contributed by atoms with Crippen molar-refractivity contribution in [2.24, 2.45) is 5.92 Å². The van der Waals surface area contributed by atoms with E-state index in [1.807, 2.05) is 18.2 Å². The van der Waals surface area contributed by atoms with Gasteiger partial charge >= 0.3 is 0 Å². The second kappa shape index (κ2) is 4.67. The van der Waals surface area contributed by atoms with Crippen molar-refractivity contribution in [1.82, 2.24) is 5.32 Å². The normalized spacial score (nSPS) is 23.1. The van der Waals surface area contributed by atoms with Crippen LogP contribution in [0.4, 0.5) is 0 Å². The van der Waals surface area contributed by atoms with Crippen LogP contribution in [0.25, 0.3) is 0 Å². The van der Waals surface area contributed by atoms with Crippen LogP contribution < -0.4 is 5.32 Å². The Bertz CT molecular complexity index is 403. The molecule has 84 valence electrons. The lowest BCUT2D eigenvalue weighted by Crippen LogP contribution is -2.25. The molecule has 1 fully saturated rings. The molecule has 1 saturated carbocycles. The second-order valence-corrected chi connectivity index (χ2v) is 4.90. The molecule has 1 aromatic rings. The van der Waals surface area contributed by atoms with Gasteiger partial charge in [-0.3, -0.25) is 0 Å². The molecule has 1 aliphatic carbocycles. The number of rotatable bonds is 4. The fraction of sp³-hybridized carbons (Fsp3) is 0.500. The van der Waals surface area contributed by atoms with Gasteiger partial charge in [-0.05, 0) is 42.5 Å². The van der Waals surface area contributed by atoms with Gasteiger partial charge in [0.25, 0.3) is 0 Å². The molecule has 2 nitrogen and oxygen atoms in total. The highest BCUT2D eigenvalue weighted by atomic mass is 14.9. The fourth-order valence-corrected chi connectivity index (χ4v) is 2.11. The predicted molar refractivity (Wildman–Crippen MR) is 65.1 cm³/mol. The third-order valence-corrected chi connectivity index (χ3v) is 3.15. The van der Waals surface area contributed by atoms with Gasteiger partial charge in [0.05, 0.1) is 11.6 Å². The van der Waals surface area contributed by atoms with Gasteiger partial charge in [0.1, 0.15) is 0 Å². The molecule has 0 aromatic heterocycles. The minimum atomic E-state index is 0.562. The lowest BCUT2D eigenvalue weighted by atomic mass is 10.1. The monoisotopic (exact) mass is 214 g/mol. The zero-order valence-corrected chi connectivity index (χ0v) is 9.90. The highest BCUT2D eigenvalue weighted by Gasteiger charge is 2.37. The summed E-state index contributed by atoms with van der Waals surface area (Å²) in [6, 6.07) is 10.8. The van der Waals surface area contributed by atoms with E-state index >= 15 is 0 Å². The van der Waals surface area contributed by atoms with Crippen LogP contribution in [0.3, 0.4) is 0 Å². The van der Waals surface area contributed by atoms with Crippen LogP contribution in [0.2, 0.25) is 0 Å². The van der Waals surface area contributed by atoms with Crippen LogP contribution in [-0.2, 0) is 0 Å². The van der Waals surface area contributed by atoms with Gasteiger partial charge in [0.15, 0.2) is 0 Å². The first-order valence-corrected chi connectivity index (χ1v) is 5.94. The van der Waals surface area contributed by atoms with E-state index in [1.54, 1.807) is 0 Å². The van der Waals surface area contributed by atoms with Crippen LogP contribution in [0.5, 0.6) is 0 Å². The van der Waals surface area contributed by atoms with Gasteiger partial charge in [-0.15, -0.1) is 0 Å². The first-order chi connectivity index (χ1) is 7.70. The average molecular weight is 214 g/mol. The lowest BCUT2D eigenvalue weighted by molar-refractivity contribution is 0.554. The molecule has 1 N–H and O–H groups in total. The number of nitrogens with one attached hydrogen (secondary N) is 1. The number of nitrogens with zero attached hydrogens (tertiary/aromatic N) is 1. The molecule has 0 heterocycles. The zero-order chi connectivity index (χ0) is 11.5. The molecule has 0 aliphatic heterocycles. The summed E-state index contributed by atoms with van der Waals surface area (Å²) in [5, 5.41) is 12.3. The molecule has 0 bridgehead atoms. The lowest BCUT2D eigenvalue weighted by Gasteiger charge is -2.07. The minimum Gasteiger partial charge on any atom is -0.314 e. The van der Waals surface area contributed by atoms with Gasteiger partial charge in [-0.1, -0.05) is 26.0 Å². The smallest absolute Gasteiger partial charge is 0.0991 e. The van der Waals surface area contributed by atoms with Gasteiger partial charge in [-0.25, -0.2) is 0 Å². The van der Waals surface area contributed by atoms with Crippen molar-refractivity contribution < 1.29 is 0 Å². The van der Waals surface area contributed by atoms with Crippen molar-refractivity contribution in [2.75, 3.05) is 6.54 Å². The molecule has 2 heteroatoms. The molecule has 1 aliphatic rings. The number of hydrogen-bond acceptors (Lipinski definition) is 2. The molecular formula is C14H18N2. The van der Waals surface area contributed by atoms with Crippen LogP contribution in [0.15, 0.2) is 24.3 Å². The number of hydrogen-bond donors (Lipinski definition) is 1. The third-order valence-electron chi connectivity index (χ3n) is 3.15. The van der Waals surface area contributed by atoms with E-state index in [4.69, 9.17) is 5.26 Å². The molecule has 0 saturated heterocycles. The summed E-state index contributed by atoms with van der Waals surface area (Å²) in [5.74, 6) is 1.43. The Morgan fingerprint density at radius 1 is 1.50 bits per heavy atom. The maximum atomic E-state index is 8.84. The van der Waals surface area contributed by atoms with Crippen LogP contribution in [-0.4, -0.2) is 12.6 Å². The predicted octanol–water partition coefficient (Wildman–Crippen LogP) is 2.66. The molecule has 0 spiro atoms. The Hall–Kier alpha value is -1.33. The SMILES string of the molecule is CC(C)NCC1CC1c1cccc(C#N)c1. The molecule has 0 radical (unpaired) electrons. The second-order valence-electron chi connectivity index (χ2n) is 4.90. The quantitative estimate of drug-likeness (QED) is 0.836. The molecule has 2 atom stereocenters. The van der Waals surface area contributed by atoms with Crippen molar-refractivity contribution in [2.45, 2.75) is 32.2 Å². The summed E-state index contributed by atoms with van der Waals surface area (Å²) in [6.45, 7) is 5.44. The van der Waals surface area contributed by atoms with E-state index in [0.717, 1.165) is 18.0 Å². The van der Waals surface area contributed by atoms with E-state index in [9.17, 15) is 0 Å². The van der Waals surface area contributed by atoms with E-state index in [2.05, 4.69) is 31.3 Å². The zero-order valence-electron chi connectivity index (χ0n) is 9.90. The standard InChI is InChI=1S/C14H18N2/c1-10(2)16-9-13-7-14(13)12-5-3-4-11(6-12)8-15/h3-6,10,13-14,16H,7,9H2,1-2H3. The summed E-state index contributed by atoms with van der Waals surface area (Å²) < 4.78 is 0. The van der Waals surface area contributed by atoms with Crippen LogP contribution in [0, 0.1) is 17.2 Å². The van der Waals surface area contributed by atoms with Crippen LogP contribution in [0.1, 0.15) is 37.3 Å². The van der Waals surface area contributed by atoms with Gasteiger partial charge in [-0.2, -0.15) is 5.26 Å². The average Bonchev–Trinajstić information content (AvgIpc) is 3.06. The Morgan fingerprint density at radius 3 is 3.00 bits per heavy atom. The van der Waals surface area contributed by atoms with E-state index in [0.29, 0.717) is 12.0 Å². The van der Waals surface area contributed by atoms with Crippen molar-refractivity contribution in [3.8, 4) is 6.07 Å². The van der Waals surface area contributed by atoms with E-state index in [-0.39, 0.29) is 0 Å². The fourth-order valence-electron chi connectivity index (χ4n) is 2.11. The highest BCUT2D eigenvalue weighted by Crippen LogP contribution is 2.47. The van der Waals surface area contributed by atoms with Crippen molar-refractivity contribution in [1.29, 1.82) is 5.26 Å². The maximum Gasteiger partial charge on any atom is 0.0991 e. The molecule has 2 unspecified atom stereocenters. The van der Waals surface area contributed by atoms with Crippen molar-refractivity contribution in [3.05, 3.63) is 35.4 Å². The molecule has 2 rings (SSSR count). The summed E-state index contributed by atoms with van der Waals surface area (Å²) >= 11 is 0. The highest BCUT2D eigenvalue weighted by molar-refractivity contribution is 5.36. The molecule has 1 aromatic carbocycles. The molecular weight excluding hydrogens is 196 g/mol. The molecule has 0 amide bonds. The van der Waals surface area contributed by atoms with Crippen molar-refractivity contribution in [3.63, 3.8) is 0 Å². The third kappa shape index (κ3) is 2.62. The summed E-state index contributed by atoms with van der Waals surface area (Å²) in [6.07, 6.45) is 1.26. The molecule has 16 heavy (non-hydrogen) atoms.